The largest absolute Gasteiger partial charge is 0.393 e. The molecule has 4 heteroatoms. The molecule has 0 aliphatic carbocycles. The fraction of sp³-hybridized carbons (Fsp3) is 0.529. The van der Waals surface area contributed by atoms with Crippen molar-refractivity contribution in [3.05, 3.63) is 35.2 Å². The number of hydrogen-bond acceptors (Lipinski definition) is 4. The van der Waals surface area contributed by atoms with Gasteiger partial charge in [-0.25, -0.2) is 0 Å². The third-order valence-corrected chi connectivity index (χ3v) is 5.55. The van der Waals surface area contributed by atoms with Crippen molar-refractivity contribution in [2.45, 2.75) is 25.0 Å². The Morgan fingerprint density at radius 2 is 2.10 bits per heavy atom. The lowest BCUT2D eigenvalue weighted by Crippen LogP contribution is -2.51. The van der Waals surface area contributed by atoms with E-state index < -0.39 is 0 Å². The zero-order valence-electron chi connectivity index (χ0n) is 12.8. The summed E-state index contributed by atoms with van der Waals surface area (Å²) in [5.74, 6) is 0. The lowest BCUT2D eigenvalue weighted by Gasteiger charge is -2.38. The van der Waals surface area contributed by atoms with Crippen LogP contribution in [-0.2, 0) is 6.42 Å². The average molecular weight is 304 g/mol. The highest BCUT2D eigenvalue weighted by atomic mass is 32.1. The van der Waals surface area contributed by atoms with Crippen LogP contribution in [-0.4, -0.2) is 60.8 Å². The molecule has 1 fully saturated rings. The monoisotopic (exact) mass is 304 g/mol. The summed E-state index contributed by atoms with van der Waals surface area (Å²) in [5.41, 5.74) is 1.29. The summed E-state index contributed by atoms with van der Waals surface area (Å²) in [6, 6.07) is 8.93. The van der Waals surface area contributed by atoms with E-state index in [1.165, 1.54) is 15.6 Å². The molecular formula is C17H24N2OS. The van der Waals surface area contributed by atoms with Crippen LogP contribution in [0.1, 0.15) is 12.0 Å². The van der Waals surface area contributed by atoms with Crippen LogP contribution in [0.25, 0.3) is 10.1 Å². The van der Waals surface area contributed by atoms with Gasteiger partial charge in [-0.15, -0.1) is 11.3 Å². The molecule has 0 spiro atoms. The molecule has 1 aromatic carbocycles. The van der Waals surface area contributed by atoms with E-state index in [-0.39, 0.29) is 6.10 Å². The van der Waals surface area contributed by atoms with Crippen LogP contribution in [0.2, 0.25) is 0 Å². The number of fused-ring (bicyclic) bond motifs is 1. The van der Waals surface area contributed by atoms with Gasteiger partial charge < -0.3 is 14.9 Å². The van der Waals surface area contributed by atoms with Gasteiger partial charge in [-0.2, -0.15) is 0 Å². The maximum Gasteiger partial charge on any atom is 0.0596 e. The maximum absolute atomic E-state index is 10.5. The quantitative estimate of drug-likeness (QED) is 0.940. The van der Waals surface area contributed by atoms with Gasteiger partial charge in [0.05, 0.1) is 6.10 Å². The van der Waals surface area contributed by atoms with Gasteiger partial charge in [-0.3, -0.25) is 0 Å². The fourth-order valence-corrected chi connectivity index (χ4v) is 4.17. The number of rotatable bonds is 4. The highest BCUT2D eigenvalue weighted by Gasteiger charge is 2.24. The number of hydrogen-bond donors (Lipinski definition) is 1. The summed E-state index contributed by atoms with van der Waals surface area (Å²) in [6.07, 6.45) is 1.35. The Morgan fingerprint density at radius 1 is 1.29 bits per heavy atom. The number of nitrogens with zero attached hydrogens (tertiary/aromatic N) is 2. The molecule has 0 radical (unpaired) electrons. The van der Waals surface area contributed by atoms with E-state index in [1.54, 1.807) is 11.3 Å². The van der Waals surface area contributed by atoms with Crippen LogP contribution < -0.4 is 0 Å². The number of benzene rings is 1. The zero-order chi connectivity index (χ0) is 14.8. The summed E-state index contributed by atoms with van der Waals surface area (Å²) >= 11 is 1.77. The molecule has 3 nitrogen and oxygen atoms in total. The number of thiophene rings is 1. The van der Waals surface area contributed by atoms with Gasteiger partial charge in [0.15, 0.2) is 0 Å². The summed E-state index contributed by atoms with van der Waals surface area (Å²) in [4.78, 5) is 4.74. The highest BCUT2D eigenvalue weighted by Crippen LogP contribution is 2.27. The van der Waals surface area contributed by atoms with E-state index in [4.69, 9.17) is 0 Å². The molecule has 0 amide bonds. The molecule has 0 saturated carbocycles. The Labute approximate surface area is 130 Å². The molecule has 0 bridgehead atoms. The first-order valence-electron chi connectivity index (χ1n) is 7.65. The van der Waals surface area contributed by atoms with Crippen LogP contribution in [0.15, 0.2) is 29.6 Å². The van der Waals surface area contributed by atoms with Crippen LogP contribution >= 0.6 is 11.3 Å². The lowest BCUT2D eigenvalue weighted by atomic mass is 9.99. The van der Waals surface area contributed by atoms with Crippen molar-refractivity contribution in [2.75, 3.05) is 33.7 Å². The molecule has 1 N–H and O–H groups in total. The second-order valence-corrected chi connectivity index (χ2v) is 7.16. The molecule has 1 aliphatic rings. The minimum atomic E-state index is -0.262. The first kappa shape index (κ1) is 15.0. The van der Waals surface area contributed by atoms with Crippen LogP contribution in [0.5, 0.6) is 0 Å². The van der Waals surface area contributed by atoms with Gasteiger partial charge in [0.2, 0.25) is 0 Å². The van der Waals surface area contributed by atoms with Crippen molar-refractivity contribution >= 4 is 21.4 Å². The second kappa shape index (κ2) is 6.44. The third kappa shape index (κ3) is 3.46. The van der Waals surface area contributed by atoms with Crippen LogP contribution in [0.3, 0.4) is 0 Å². The van der Waals surface area contributed by atoms with Crippen molar-refractivity contribution in [3.8, 4) is 0 Å². The van der Waals surface area contributed by atoms with Crippen molar-refractivity contribution < 1.29 is 5.11 Å². The molecule has 2 aromatic rings. The van der Waals surface area contributed by atoms with Gasteiger partial charge in [-0.05, 0) is 49.3 Å². The SMILES string of the molecule is CN1CCN(C)C(CC(O)Cc2csc3ccccc23)C1. The smallest absolute Gasteiger partial charge is 0.0596 e. The first-order valence-corrected chi connectivity index (χ1v) is 8.53. The standard InChI is InChI=1S/C17H24N2OS/c1-18-7-8-19(2)14(11-18)10-15(20)9-13-12-21-17-6-4-3-5-16(13)17/h3-6,12,14-15,20H,7-11H2,1-2H3. The molecule has 3 rings (SSSR count). The topological polar surface area (TPSA) is 26.7 Å². The van der Waals surface area contributed by atoms with E-state index in [1.807, 2.05) is 0 Å². The number of likely N-dealkylation sites (N-methyl/N-ethyl adjacent to an activating group) is 2. The molecule has 1 saturated heterocycles. The van der Waals surface area contributed by atoms with E-state index in [9.17, 15) is 5.11 Å². The molecule has 1 aromatic heterocycles. The first-order chi connectivity index (χ1) is 10.1. The summed E-state index contributed by atoms with van der Waals surface area (Å²) in [5, 5.41) is 14.0. The third-order valence-electron chi connectivity index (χ3n) is 4.54. The Kier molecular flexibility index (Phi) is 4.60. The van der Waals surface area contributed by atoms with Crippen LogP contribution in [0, 0.1) is 0 Å². The summed E-state index contributed by atoms with van der Waals surface area (Å²) in [6.45, 7) is 3.27. The van der Waals surface area contributed by atoms with Crippen LogP contribution in [0.4, 0.5) is 0 Å². The van der Waals surface area contributed by atoms with E-state index >= 15 is 0 Å². The number of piperazine rings is 1. The van der Waals surface area contributed by atoms with E-state index in [2.05, 4.69) is 53.5 Å². The number of aliphatic hydroxyl groups excluding tert-OH is 1. The van der Waals surface area contributed by atoms with E-state index in [0.29, 0.717) is 6.04 Å². The molecule has 21 heavy (non-hydrogen) atoms. The predicted molar refractivity (Wildman–Crippen MR) is 90.1 cm³/mol. The molecule has 2 unspecified atom stereocenters. The van der Waals surface area contributed by atoms with E-state index in [0.717, 1.165) is 32.5 Å². The Bertz CT molecular complexity index is 597. The molecule has 2 atom stereocenters. The van der Waals surface area contributed by atoms with Crippen molar-refractivity contribution in [2.24, 2.45) is 0 Å². The van der Waals surface area contributed by atoms with Crippen molar-refractivity contribution in [3.63, 3.8) is 0 Å². The van der Waals surface area contributed by atoms with Gasteiger partial charge >= 0.3 is 0 Å². The van der Waals surface area contributed by atoms with Crippen molar-refractivity contribution in [1.82, 2.24) is 9.80 Å². The van der Waals surface area contributed by atoms with Gasteiger partial charge in [0.1, 0.15) is 0 Å². The van der Waals surface area contributed by atoms with Crippen molar-refractivity contribution in [1.29, 1.82) is 0 Å². The molecule has 2 heterocycles. The van der Waals surface area contributed by atoms with Gasteiger partial charge in [0.25, 0.3) is 0 Å². The highest BCUT2D eigenvalue weighted by molar-refractivity contribution is 7.17. The van der Waals surface area contributed by atoms with Gasteiger partial charge in [-0.1, -0.05) is 18.2 Å². The number of aliphatic hydroxyl groups is 1. The Balaban J connectivity index is 1.64. The normalized spacial score (nSPS) is 22.7. The Hall–Kier alpha value is -0.940. The zero-order valence-corrected chi connectivity index (χ0v) is 13.6. The minimum Gasteiger partial charge on any atom is -0.393 e. The van der Waals surface area contributed by atoms with Gasteiger partial charge in [0, 0.05) is 30.4 Å². The fourth-order valence-electron chi connectivity index (χ4n) is 3.20. The molecule has 1 aliphatic heterocycles. The predicted octanol–water partition coefficient (Wildman–Crippen LogP) is 2.44. The summed E-state index contributed by atoms with van der Waals surface area (Å²) < 4.78 is 1.31. The molecule has 114 valence electrons. The minimum absolute atomic E-state index is 0.262. The summed E-state index contributed by atoms with van der Waals surface area (Å²) in [7, 11) is 4.34. The molecular weight excluding hydrogens is 280 g/mol. The lowest BCUT2D eigenvalue weighted by molar-refractivity contribution is 0.0640. The maximum atomic E-state index is 10.5. The Morgan fingerprint density at radius 3 is 2.95 bits per heavy atom. The average Bonchev–Trinajstić information content (AvgIpc) is 2.86. The second-order valence-electron chi connectivity index (χ2n) is 6.25.